The zero-order valence-corrected chi connectivity index (χ0v) is 22.2. The summed E-state index contributed by atoms with van der Waals surface area (Å²) in [5.41, 5.74) is 3.26. The maximum Gasteiger partial charge on any atom is 0.416 e. The molecule has 0 saturated carbocycles. The number of halogens is 3. The van der Waals surface area contributed by atoms with Crippen molar-refractivity contribution in [2.24, 2.45) is 0 Å². The van der Waals surface area contributed by atoms with E-state index in [0.717, 1.165) is 34.7 Å². The summed E-state index contributed by atoms with van der Waals surface area (Å²) in [6.45, 7) is 4.96. The van der Waals surface area contributed by atoms with E-state index in [0.29, 0.717) is 6.42 Å². The maximum atomic E-state index is 13.0. The van der Waals surface area contributed by atoms with Crippen LogP contribution in [0.1, 0.15) is 55.1 Å². The monoisotopic (exact) mass is 564 g/mol. The Kier molecular flexibility index (Phi) is 9.61. The van der Waals surface area contributed by atoms with Crippen molar-refractivity contribution in [2.45, 2.75) is 64.1 Å². The minimum absolute atomic E-state index is 0.0544. The number of ether oxygens (including phenoxy) is 2. The average Bonchev–Trinajstić information content (AvgIpc) is 2.89. The molecule has 2 aromatic carbocycles. The number of nitrogens with zero attached hydrogens (tertiary/aromatic N) is 1. The average molecular weight is 565 g/mol. The summed E-state index contributed by atoms with van der Waals surface area (Å²) in [5, 5.41) is 2.69. The van der Waals surface area contributed by atoms with Crippen molar-refractivity contribution in [3.05, 3.63) is 71.3 Å². The van der Waals surface area contributed by atoms with Gasteiger partial charge in [-0.3, -0.25) is 25.3 Å². The molecule has 1 heterocycles. The molecular weight excluding hydrogens is 533 g/mol. The highest BCUT2D eigenvalue weighted by molar-refractivity contribution is 5.96. The van der Waals surface area contributed by atoms with Crippen molar-refractivity contribution in [1.29, 1.82) is 0 Å². The Morgan fingerprint density at radius 1 is 0.925 bits per heavy atom. The highest BCUT2D eigenvalue weighted by Crippen LogP contribution is 2.29. The van der Waals surface area contributed by atoms with E-state index in [2.05, 4.69) is 16.2 Å². The first kappa shape index (κ1) is 30.3. The molecular formula is C27H31F3N4O6. The molecule has 0 spiro atoms. The summed E-state index contributed by atoms with van der Waals surface area (Å²) < 4.78 is 49.0. The number of alkyl carbamates (subject to hydrolysis) is 1. The molecule has 1 saturated heterocycles. The Morgan fingerprint density at radius 2 is 1.57 bits per heavy atom. The number of rotatable bonds is 5. The summed E-state index contributed by atoms with van der Waals surface area (Å²) >= 11 is 0. The van der Waals surface area contributed by atoms with Gasteiger partial charge in [-0.15, -0.1) is 0 Å². The van der Waals surface area contributed by atoms with E-state index in [1.54, 1.807) is 32.9 Å². The molecule has 0 radical (unpaired) electrons. The van der Waals surface area contributed by atoms with Crippen molar-refractivity contribution < 1.29 is 41.8 Å². The van der Waals surface area contributed by atoms with Crippen molar-refractivity contribution in [3.8, 4) is 0 Å². The van der Waals surface area contributed by atoms with Gasteiger partial charge in [0, 0.05) is 12.1 Å². The quantitative estimate of drug-likeness (QED) is 0.469. The lowest BCUT2D eigenvalue weighted by atomic mass is 9.98. The third kappa shape index (κ3) is 8.89. The van der Waals surface area contributed by atoms with Crippen molar-refractivity contribution in [3.63, 3.8) is 0 Å². The van der Waals surface area contributed by atoms with Crippen molar-refractivity contribution >= 4 is 24.0 Å². The number of alkyl halides is 3. The molecule has 1 fully saturated rings. The lowest BCUT2D eigenvalue weighted by Crippen LogP contribution is -2.60. The molecule has 2 atom stereocenters. The summed E-state index contributed by atoms with van der Waals surface area (Å²) in [7, 11) is 0. The molecule has 0 unspecified atom stereocenters. The molecule has 0 aliphatic carbocycles. The SMILES string of the molecule is CC(C)(C)OC(=O)N1C[C@@H](NC(=O)OCc2ccccc2)CC[C@@H]1C(=O)NNC(=O)c1ccc(C(F)(F)F)cc1. The molecule has 4 amide bonds. The number of carbonyl (C=O) groups is 4. The van der Waals surface area contributed by atoms with Gasteiger partial charge in [-0.1, -0.05) is 30.3 Å². The van der Waals surface area contributed by atoms with Gasteiger partial charge in [-0.2, -0.15) is 13.2 Å². The highest BCUT2D eigenvalue weighted by atomic mass is 19.4. The van der Waals surface area contributed by atoms with Crippen LogP contribution in [-0.2, 0) is 27.1 Å². The van der Waals surface area contributed by atoms with Crippen molar-refractivity contribution in [1.82, 2.24) is 21.1 Å². The van der Waals surface area contributed by atoms with Crippen LogP contribution in [0.5, 0.6) is 0 Å². The number of hydrazine groups is 1. The molecule has 10 nitrogen and oxygen atoms in total. The Labute approximate surface area is 229 Å². The number of carbonyl (C=O) groups excluding carboxylic acids is 4. The first-order chi connectivity index (χ1) is 18.7. The van der Waals surface area contributed by atoms with E-state index in [1.807, 2.05) is 18.2 Å². The lowest BCUT2D eigenvalue weighted by molar-refractivity contribution is -0.137. The number of likely N-dealkylation sites (tertiary alicyclic amines) is 1. The second-order valence-corrected chi connectivity index (χ2v) is 10.1. The second kappa shape index (κ2) is 12.7. The molecule has 3 N–H and O–H groups in total. The topological polar surface area (TPSA) is 126 Å². The first-order valence-electron chi connectivity index (χ1n) is 12.5. The van der Waals surface area contributed by atoms with E-state index in [4.69, 9.17) is 9.47 Å². The minimum Gasteiger partial charge on any atom is -0.445 e. The van der Waals surface area contributed by atoms with Crippen LogP contribution in [0.4, 0.5) is 22.8 Å². The molecule has 3 rings (SSSR count). The van der Waals surface area contributed by atoms with Crippen LogP contribution in [0.15, 0.2) is 54.6 Å². The van der Waals surface area contributed by atoms with Gasteiger partial charge in [0.05, 0.1) is 11.6 Å². The molecule has 1 aliphatic heterocycles. The molecule has 216 valence electrons. The third-order valence-electron chi connectivity index (χ3n) is 5.82. The van der Waals surface area contributed by atoms with Crippen LogP contribution in [0.25, 0.3) is 0 Å². The van der Waals surface area contributed by atoms with Crippen LogP contribution in [0.2, 0.25) is 0 Å². The van der Waals surface area contributed by atoms with Gasteiger partial charge < -0.3 is 14.8 Å². The summed E-state index contributed by atoms with van der Waals surface area (Å²) in [5.74, 6) is -1.58. The predicted molar refractivity (Wildman–Crippen MR) is 137 cm³/mol. The van der Waals surface area contributed by atoms with E-state index in [-0.39, 0.29) is 25.1 Å². The number of nitrogens with one attached hydrogen (secondary N) is 3. The Balaban J connectivity index is 1.61. The van der Waals surface area contributed by atoms with Gasteiger partial charge >= 0.3 is 18.4 Å². The molecule has 2 aromatic rings. The van der Waals surface area contributed by atoms with Crippen LogP contribution in [-0.4, -0.2) is 53.1 Å². The van der Waals surface area contributed by atoms with Gasteiger partial charge in [0.25, 0.3) is 11.8 Å². The van der Waals surface area contributed by atoms with Crippen LogP contribution < -0.4 is 16.2 Å². The number of hydrogen-bond acceptors (Lipinski definition) is 6. The van der Waals surface area contributed by atoms with Gasteiger partial charge in [-0.05, 0) is 63.4 Å². The highest BCUT2D eigenvalue weighted by Gasteiger charge is 2.39. The minimum atomic E-state index is -4.55. The molecule has 13 heteroatoms. The van der Waals surface area contributed by atoms with Crippen LogP contribution in [0.3, 0.4) is 0 Å². The fourth-order valence-corrected chi connectivity index (χ4v) is 3.90. The summed E-state index contributed by atoms with van der Waals surface area (Å²) in [4.78, 5) is 51.7. The van der Waals surface area contributed by atoms with E-state index < -0.39 is 53.4 Å². The number of piperidine rings is 1. The normalized spacial score (nSPS) is 17.4. The summed E-state index contributed by atoms with van der Waals surface area (Å²) in [6.07, 6.45) is -5.62. The van der Waals surface area contributed by atoms with Gasteiger partial charge in [0.1, 0.15) is 18.2 Å². The fourth-order valence-electron chi connectivity index (χ4n) is 3.90. The summed E-state index contributed by atoms with van der Waals surface area (Å²) in [6, 6.07) is 10.9. The Bertz CT molecular complexity index is 1200. The third-order valence-corrected chi connectivity index (χ3v) is 5.82. The first-order valence-corrected chi connectivity index (χ1v) is 12.5. The van der Waals surface area contributed by atoms with Gasteiger partial charge in [0.15, 0.2) is 0 Å². The smallest absolute Gasteiger partial charge is 0.416 e. The van der Waals surface area contributed by atoms with E-state index in [9.17, 15) is 32.3 Å². The van der Waals surface area contributed by atoms with Crippen molar-refractivity contribution in [2.75, 3.05) is 6.54 Å². The molecule has 0 aromatic heterocycles. The zero-order chi connectivity index (χ0) is 29.5. The molecule has 0 bridgehead atoms. The maximum absolute atomic E-state index is 13.0. The zero-order valence-electron chi connectivity index (χ0n) is 22.2. The largest absolute Gasteiger partial charge is 0.445 e. The standard InChI is InChI=1S/C27H31F3N4O6/c1-26(2,3)40-25(38)34-15-20(31-24(37)39-16-17-7-5-4-6-8-17)13-14-21(34)23(36)33-32-22(35)18-9-11-19(12-10-18)27(28,29)30/h4-12,20-21H,13-16H2,1-3H3,(H,31,37)(H,32,35)(H,33,36)/t20-,21+/m0/s1. The van der Waals surface area contributed by atoms with E-state index in [1.165, 1.54) is 0 Å². The Hall–Kier alpha value is -4.29. The number of amides is 4. The predicted octanol–water partition coefficient (Wildman–Crippen LogP) is 4.16. The number of hydrogen-bond donors (Lipinski definition) is 3. The van der Waals surface area contributed by atoms with Gasteiger partial charge in [0.2, 0.25) is 0 Å². The molecule has 1 aliphatic rings. The Morgan fingerprint density at radius 3 is 2.17 bits per heavy atom. The van der Waals surface area contributed by atoms with Crippen LogP contribution in [0, 0.1) is 0 Å². The number of benzene rings is 2. The lowest BCUT2D eigenvalue weighted by Gasteiger charge is -2.39. The van der Waals surface area contributed by atoms with Crippen LogP contribution >= 0.6 is 0 Å². The fraction of sp³-hybridized carbons (Fsp3) is 0.407. The van der Waals surface area contributed by atoms with Gasteiger partial charge in [-0.25, -0.2) is 9.59 Å². The second-order valence-electron chi connectivity index (χ2n) is 10.1. The molecule has 40 heavy (non-hydrogen) atoms. The van der Waals surface area contributed by atoms with E-state index >= 15 is 0 Å².